The van der Waals surface area contributed by atoms with Crippen LogP contribution in [0.2, 0.25) is 4.34 Å². The summed E-state index contributed by atoms with van der Waals surface area (Å²) in [6, 6.07) is 1.88. The van der Waals surface area contributed by atoms with Gasteiger partial charge in [0.05, 0.1) is 11.4 Å². The number of hydrogen-bond acceptors (Lipinski definition) is 3. The lowest BCUT2D eigenvalue weighted by Crippen LogP contribution is -2.27. The van der Waals surface area contributed by atoms with Gasteiger partial charge in [-0.1, -0.05) is 11.6 Å². The Morgan fingerprint density at radius 1 is 1.75 bits per heavy atom. The van der Waals surface area contributed by atoms with Gasteiger partial charge in [0.2, 0.25) is 5.91 Å². The van der Waals surface area contributed by atoms with Gasteiger partial charge in [0.1, 0.15) is 0 Å². The Morgan fingerprint density at radius 2 is 2.44 bits per heavy atom. The molecule has 1 aliphatic rings. The first kappa shape index (κ1) is 12.4. The largest absolute Gasteiger partial charge is 0.275 e. The van der Waals surface area contributed by atoms with Crippen molar-refractivity contribution in [2.45, 2.75) is 12.3 Å². The maximum atomic E-state index is 11.8. The van der Waals surface area contributed by atoms with Crippen molar-refractivity contribution < 1.29 is 9.63 Å². The van der Waals surface area contributed by atoms with Crippen molar-refractivity contribution in [2.24, 2.45) is 5.92 Å². The van der Waals surface area contributed by atoms with Gasteiger partial charge in [-0.05, 0) is 28.4 Å². The Kier molecular flexibility index (Phi) is 3.59. The van der Waals surface area contributed by atoms with E-state index in [1.165, 1.54) is 23.5 Å². The van der Waals surface area contributed by atoms with E-state index in [9.17, 15) is 4.79 Å². The van der Waals surface area contributed by atoms with Gasteiger partial charge < -0.3 is 0 Å². The average Bonchev–Trinajstić information content (AvgIpc) is 2.96. The molecular weight excluding hydrogens is 314 g/mol. The molecular formula is C10H11BrClNO2S. The van der Waals surface area contributed by atoms with Gasteiger partial charge in [-0.3, -0.25) is 9.63 Å². The molecule has 1 amide bonds. The van der Waals surface area contributed by atoms with E-state index < -0.39 is 0 Å². The highest BCUT2D eigenvalue weighted by atomic mass is 79.9. The summed E-state index contributed by atoms with van der Waals surface area (Å²) in [6.45, 7) is 0. The number of hydrogen-bond donors (Lipinski definition) is 0. The predicted octanol–water partition coefficient (Wildman–Crippen LogP) is 3.29. The maximum Gasteiger partial charge on any atom is 0.249 e. The molecule has 1 heterocycles. The minimum Gasteiger partial charge on any atom is -0.275 e. The van der Waals surface area contributed by atoms with Gasteiger partial charge >= 0.3 is 0 Å². The van der Waals surface area contributed by atoms with E-state index >= 15 is 0 Å². The Bertz CT molecular complexity index is 423. The minimum absolute atomic E-state index is 0.0314. The van der Waals surface area contributed by atoms with E-state index in [0.717, 1.165) is 20.1 Å². The second-order valence-electron chi connectivity index (χ2n) is 3.73. The lowest BCUT2D eigenvalue weighted by Gasteiger charge is -2.12. The molecule has 6 heteroatoms. The average molecular weight is 325 g/mol. The first-order chi connectivity index (χ1) is 7.54. The van der Waals surface area contributed by atoms with Crippen molar-refractivity contribution in [2.75, 3.05) is 14.2 Å². The molecule has 0 bridgehead atoms. The van der Waals surface area contributed by atoms with Crippen molar-refractivity contribution in [3.8, 4) is 0 Å². The van der Waals surface area contributed by atoms with E-state index in [0.29, 0.717) is 0 Å². The van der Waals surface area contributed by atoms with Gasteiger partial charge in [0.15, 0.2) is 0 Å². The van der Waals surface area contributed by atoms with Crippen molar-refractivity contribution in [1.29, 1.82) is 0 Å². The monoisotopic (exact) mass is 323 g/mol. The Labute approximate surface area is 111 Å². The SMILES string of the molecule is CON(C)C(=O)[C@H]1C[C@@H]1c1sc(Cl)cc1Br. The van der Waals surface area contributed by atoms with Crippen molar-refractivity contribution in [3.05, 3.63) is 19.8 Å². The molecule has 0 aliphatic heterocycles. The smallest absolute Gasteiger partial charge is 0.249 e. The van der Waals surface area contributed by atoms with Crippen LogP contribution in [0.1, 0.15) is 17.2 Å². The maximum absolute atomic E-state index is 11.8. The molecule has 1 aromatic heterocycles. The second-order valence-corrected chi connectivity index (χ2v) is 6.30. The van der Waals surface area contributed by atoms with Crippen LogP contribution in [0.25, 0.3) is 0 Å². The van der Waals surface area contributed by atoms with Crippen LogP contribution in [0.5, 0.6) is 0 Å². The molecule has 88 valence electrons. The lowest BCUT2D eigenvalue weighted by atomic mass is 10.2. The van der Waals surface area contributed by atoms with Crippen LogP contribution in [0.15, 0.2) is 10.5 Å². The second kappa shape index (κ2) is 4.64. The zero-order valence-electron chi connectivity index (χ0n) is 8.87. The zero-order chi connectivity index (χ0) is 11.9. The summed E-state index contributed by atoms with van der Waals surface area (Å²) in [6.07, 6.45) is 0.877. The molecule has 0 radical (unpaired) electrons. The summed E-state index contributed by atoms with van der Waals surface area (Å²) < 4.78 is 1.75. The quantitative estimate of drug-likeness (QED) is 0.799. The van der Waals surface area contributed by atoms with Crippen LogP contribution in [0.3, 0.4) is 0 Å². The molecule has 1 fully saturated rings. The van der Waals surface area contributed by atoms with Gasteiger partial charge in [-0.2, -0.15) is 0 Å². The fourth-order valence-electron chi connectivity index (χ4n) is 1.69. The molecule has 0 spiro atoms. The third kappa shape index (κ3) is 2.27. The Balaban J connectivity index is 2.07. The normalized spacial score (nSPS) is 23.2. The van der Waals surface area contributed by atoms with Gasteiger partial charge in [0.25, 0.3) is 0 Å². The minimum atomic E-state index is 0.0314. The highest BCUT2D eigenvalue weighted by Crippen LogP contribution is 2.53. The number of carbonyl (C=O) groups excluding carboxylic acids is 1. The third-order valence-corrected chi connectivity index (χ3v) is 5.03. The molecule has 1 aliphatic carbocycles. The third-order valence-electron chi connectivity index (χ3n) is 2.71. The van der Waals surface area contributed by atoms with Gasteiger partial charge in [-0.25, -0.2) is 5.06 Å². The molecule has 0 aromatic carbocycles. The first-order valence-electron chi connectivity index (χ1n) is 4.81. The summed E-state index contributed by atoms with van der Waals surface area (Å²) in [5.74, 6) is 0.358. The van der Waals surface area contributed by atoms with Crippen LogP contribution in [0, 0.1) is 5.92 Å². The molecule has 2 rings (SSSR count). The zero-order valence-corrected chi connectivity index (χ0v) is 12.0. The van der Waals surface area contributed by atoms with Crippen LogP contribution >= 0.6 is 38.9 Å². The van der Waals surface area contributed by atoms with Crippen molar-refractivity contribution in [1.82, 2.24) is 5.06 Å². The number of carbonyl (C=O) groups is 1. The standard InChI is InChI=1S/C10H11BrClNO2S/c1-13(15-2)10(14)6-3-5(6)9-7(11)4-8(12)16-9/h4-6H,3H2,1-2H3/t5-,6-/m0/s1. The molecule has 1 aromatic rings. The summed E-state index contributed by atoms with van der Waals surface area (Å²) in [4.78, 5) is 17.8. The summed E-state index contributed by atoms with van der Waals surface area (Å²) in [7, 11) is 3.13. The van der Waals surface area contributed by atoms with Gasteiger partial charge in [0, 0.05) is 28.2 Å². The Hall–Kier alpha value is -0.100. The number of nitrogens with zero attached hydrogens (tertiary/aromatic N) is 1. The molecule has 0 N–H and O–H groups in total. The molecule has 16 heavy (non-hydrogen) atoms. The molecule has 3 nitrogen and oxygen atoms in total. The Morgan fingerprint density at radius 3 is 2.94 bits per heavy atom. The summed E-state index contributed by atoms with van der Waals surface area (Å²) >= 11 is 10.9. The van der Waals surface area contributed by atoms with Crippen LogP contribution in [-0.4, -0.2) is 25.1 Å². The van der Waals surface area contributed by atoms with Crippen molar-refractivity contribution >= 4 is 44.8 Å². The predicted molar refractivity (Wildman–Crippen MR) is 67.7 cm³/mol. The highest BCUT2D eigenvalue weighted by molar-refractivity contribution is 9.10. The molecule has 0 saturated heterocycles. The number of amides is 1. The number of hydroxylamine groups is 2. The van der Waals surface area contributed by atoms with E-state index in [-0.39, 0.29) is 17.7 Å². The lowest BCUT2D eigenvalue weighted by molar-refractivity contribution is -0.170. The highest BCUT2D eigenvalue weighted by Gasteiger charge is 2.47. The van der Waals surface area contributed by atoms with Gasteiger partial charge in [-0.15, -0.1) is 11.3 Å². The molecule has 2 atom stereocenters. The summed E-state index contributed by atoms with van der Waals surface area (Å²) in [5, 5.41) is 1.29. The van der Waals surface area contributed by atoms with Crippen LogP contribution in [0.4, 0.5) is 0 Å². The number of rotatable bonds is 3. The molecule has 0 unspecified atom stereocenters. The van der Waals surface area contributed by atoms with Crippen molar-refractivity contribution in [3.63, 3.8) is 0 Å². The summed E-state index contributed by atoms with van der Waals surface area (Å²) in [5.41, 5.74) is 0. The fourth-order valence-corrected chi connectivity index (χ4v) is 4.05. The van der Waals surface area contributed by atoms with E-state index in [4.69, 9.17) is 16.4 Å². The fraction of sp³-hybridized carbons (Fsp3) is 0.500. The van der Waals surface area contributed by atoms with Crippen LogP contribution < -0.4 is 0 Å². The first-order valence-corrected chi connectivity index (χ1v) is 6.79. The van der Waals surface area contributed by atoms with E-state index in [1.54, 1.807) is 7.05 Å². The topological polar surface area (TPSA) is 29.5 Å². The number of thiophene rings is 1. The van der Waals surface area contributed by atoms with E-state index in [2.05, 4.69) is 15.9 Å². The number of halogens is 2. The van der Waals surface area contributed by atoms with E-state index in [1.807, 2.05) is 6.07 Å². The molecule has 1 saturated carbocycles. The van der Waals surface area contributed by atoms with Crippen LogP contribution in [-0.2, 0) is 9.63 Å².